The third kappa shape index (κ3) is 3.50. The largest absolute Gasteiger partial charge is 0.346 e. The molecule has 0 unspecified atom stereocenters. The van der Waals surface area contributed by atoms with E-state index in [2.05, 4.69) is 14.8 Å². The maximum Gasteiger partial charge on any atom is 0.345 e. The number of hydrogen-bond acceptors (Lipinski definition) is 4. The highest BCUT2D eigenvalue weighted by atomic mass is 32.2. The average Bonchev–Trinajstić information content (AvgIpc) is 2.80. The number of nitrogens with one attached hydrogen (secondary N) is 1. The van der Waals surface area contributed by atoms with Gasteiger partial charge in [-0.1, -0.05) is 0 Å². The van der Waals surface area contributed by atoms with Gasteiger partial charge >= 0.3 is 10.2 Å². The van der Waals surface area contributed by atoms with Crippen LogP contribution in [0.25, 0.3) is 0 Å². The molecule has 0 fully saturated rings. The van der Waals surface area contributed by atoms with Gasteiger partial charge in [0, 0.05) is 30.4 Å². The van der Waals surface area contributed by atoms with Gasteiger partial charge in [0.15, 0.2) is 0 Å². The Morgan fingerprint density at radius 2 is 1.96 bits per heavy atom. The number of aromatic nitrogens is 2. The second kappa shape index (κ2) is 6.04. The smallest absolute Gasteiger partial charge is 0.345 e. The summed E-state index contributed by atoms with van der Waals surface area (Å²) in [7, 11) is -2.66. The lowest BCUT2D eigenvalue weighted by atomic mass is 10.1. The summed E-state index contributed by atoms with van der Waals surface area (Å²) in [5, 5.41) is 6.97. The van der Waals surface area contributed by atoms with E-state index in [-0.39, 0.29) is 11.4 Å². The molecule has 0 bridgehead atoms. The monoisotopic (exact) mass is 353 g/mol. The molecule has 132 valence electrons. The van der Waals surface area contributed by atoms with Crippen molar-refractivity contribution >= 4 is 21.8 Å². The van der Waals surface area contributed by atoms with E-state index in [0.717, 1.165) is 10.00 Å². The van der Waals surface area contributed by atoms with Crippen LogP contribution in [-0.4, -0.2) is 46.7 Å². The minimum atomic E-state index is -3.97. The highest BCUT2D eigenvalue weighted by molar-refractivity contribution is 7.88. The number of aryl methyl sites for hydroxylation is 1. The van der Waals surface area contributed by atoms with Crippen molar-refractivity contribution in [2.75, 3.05) is 7.05 Å². The van der Waals surface area contributed by atoms with Crippen LogP contribution in [0.1, 0.15) is 39.0 Å². The number of nitrogens with zero attached hydrogens (tertiary/aromatic N) is 4. The van der Waals surface area contributed by atoms with Gasteiger partial charge in [-0.05, 0) is 40.7 Å². The van der Waals surface area contributed by atoms with E-state index in [1.807, 2.05) is 34.6 Å². The zero-order valence-electron chi connectivity index (χ0n) is 14.8. The van der Waals surface area contributed by atoms with Crippen LogP contribution in [0.3, 0.4) is 0 Å². The van der Waals surface area contributed by atoms with Gasteiger partial charge in [-0.3, -0.25) is 9.48 Å². The first-order chi connectivity index (χ1) is 11.0. The zero-order valence-corrected chi connectivity index (χ0v) is 15.6. The minimum absolute atomic E-state index is 0.0265. The second-order valence-electron chi connectivity index (χ2n) is 6.61. The molecular formula is C15H23N5O3S. The predicted octanol–water partition coefficient (Wildman–Crippen LogP) is 0.989. The summed E-state index contributed by atoms with van der Waals surface area (Å²) in [5.74, 6) is -0.471. The molecule has 1 aromatic heterocycles. The van der Waals surface area contributed by atoms with Crippen molar-refractivity contribution in [2.24, 2.45) is 4.40 Å². The van der Waals surface area contributed by atoms with E-state index >= 15 is 0 Å². The molecule has 24 heavy (non-hydrogen) atoms. The number of amides is 1. The van der Waals surface area contributed by atoms with Crippen LogP contribution in [0.2, 0.25) is 0 Å². The summed E-state index contributed by atoms with van der Waals surface area (Å²) in [6.45, 7) is 9.91. The van der Waals surface area contributed by atoms with Crippen molar-refractivity contribution in [1.29, 1.82) is 0 Å². The van der Waals surface area contributed by atoms with Crippen LogP contribution in [-0.2, 0) is 21.5 Å². The first-order valence-corrected chi connectivity index (χ1v) is 9.02. The number of carbonyl (C=O) groups excluding carboxylic acids is 1. The fourth-order valence-corrected chi connectivity index (χ4v) is 3.22. The molecule has 1 N–H and O–H groups in total. The quantitative estimate of drug-likeness (QED) is 0.876. The van der Waals surface area contributed by atoms with E-state index in [4.69, 9.17) is 0 Å². The van der Waals surface area contributed by atoms with Crippen LogP contribution in [0.5, 0.6) is 0 Å². The molecule has 1 aromatic rings. The van der Waals surface area contributed by atoms with Gasteiger partial charge in [0.05, 0.1) is 11.9 Å². The molecule has 0 aliphatic carbocycles. The molecule has 0 aromatic carbocycles. The van der Waals surface area contributed by atoms with Crippen molar-refractivity contribution < 1.29 is 13.2 Å². The van der Waals surface area contributed by atoms with Crippen molar-refractivity contribution in [3.05, 3.63) is 29.2 Å². The Morgan fingerprint density at radius 3 is 2.46 bits per heavy atom. The normalized spacial score (nSPS) is 17.3. The first-order valence-electron chi connectivity index (χ1n) is 7.62. The van der Waals surface area contributed by atoms with Gasteiger partial charge in [-0.2, -0.15) is 13.5 Å². The van der Waals surface area contributed by atoms with Gasteiger partial charge in [0.2, 0.25) is 0 Å². The molecule has 0 saturated heterocycles. The zero-order chi connectivity index (χ0) is 18.3. The lowest BCUT2D eigenvalue weighted by Crippen LogP contribution is -2.45. The number of hydrogen-bond donors (Lipinski definition) is 1. The Labute approximate surface area is 142 Å². The molecule has 0 spiro atoms. The Morgan fingerprint density at radius 1 is 1.33 bits per heavy atom. The van der Waals surface area contributed by atoms with E-state index in [1.165, 1.54) is 13.1 Å². The Kier molecular flexibility index (Phi) is 4.58. The maximum atomic E-state index is 12.5. The molecular weight excluding hydrogens is 330 g/mol. The van der Waals surface area contributed by atoms with Crippen LogP contribution < -0.4 is 5.32 Å². The highest BCUT2D eigenvalue weighted by Crippen LogP contribution is 2.21. The van der Waals surface area contributed by atoms with Crippen molar-refractivity contribution in [3.8, 4) is 0 Å². The molecule has 0 radical (unpaired) electrons. The standard InChI is InChI=1S/C15H23N5O3S/c1-7-20-10(2)11(9-16-20)12-8-13(14(21)17-15(3,4)5)19(6)24(22,23)18-12/h8-9H,7H2,1-6H3,(H,17,21). The number of allylic oxidation sites excluding steroid dienone is 1. The predicted molar refractivity (Wildman–Crippen MR) is 91.8 cm³/mol. The summed E-state index contributed by atoms with van der Waals surface area (Å²) in [4.78, 5) is 12.5. The molecule has 0 atom stereocenters. The van der Waals surface area contributed by atoms with E-state index < -0.39 is 21.7 Å². The van der Waals surface area contributed by atoms with E-state index in [0.29, 0.717) is 12.1 Å². The lowest BCUT2D eigenvalue weighted by Gasteiger charge is -2.27. The SMILES string of the molecule is CCn1ncc(C2=NS(=O)(=O)N(C)C(C(=O)NC(C)(C)C)=C2)c1C. The van der Waals surface area contributed by atoms with Crippen LogP contribution in [0, 0.1) is 6.92 Å². The third-order valence-electron chi connectivity index (χ3n) is 3.57. The van der Waals surface area contributed by atoms with Crippen LogP contribution >= 0.6 is 0 Å². The molecule has 2 heterocycles. The number of rotatable bonds is 3. The number of carbonyl (C=O) groups is 1. The minimum Gasteiger partial charge on any atom is -0.346 e. The molecule has 8 nitrogen and oxygen atoms in total. The summed E-state index contributed by atoms with van der Waals surface area (Å²) in [6.07, 6.45) is 3.04. The summed E-state index contributed by atoms with van der Waals surface area (Å²) < 4.78 is 31.1. The first kappa shape index (κ1) is 18.2. The Bertz CT molecular complexity index is 828. The van der Waals surface area contributed by atoms with Crippen molar-refractivity contribution in [1.82, 2.24) is 19.4 Å². The van der Waals surface area contributed by atoms with Gasteiger partial charge in [-0.15, -0.1) is 4.40 Å². The molecule has 1 aliphatic rings. The molecule has 9 heteroatoms. The summed E-state index contributed by atoms with van der Waals surface area (Å²) in [6, 6.07) is 0. The fraction of sp³-hybridized carbons (Fsp3) is 0.533. The fourth-order valence-electron chi connectivity index (χ4n) is 2.31. The average molecular weight is 353 g/mol. The molecule has 1 aliphatic heterocycles. The Balaban J connectivity index is 2.52. The topological polar surface area (TPSA) is 96.7 Å². The molecule has 1 amide bonds. The van der Waals surface area contributed by atoms with E-state index in [9.17, 15) is 13.2 Å². The summed E-state index contributed by atoms with van der Waals surface area (Å²) in [5.41, 5.74) is 1.14. The van der Waals surface area contributed by atoms with E-state index in [1.54, 1.807) is 10.9 Å². The van der Waals surface area contributed by atoms with Gasteiger partial charge in [0.25, 0.3) is 5.91 Å². The second-order valence-corrected chi connectivity index (χ2v) is 8.24. The van der Waals surface area contributed by atoms with Gasteiger partial charge in [-0.25, -0.2) is 4.31 Å². The third-order valence-corrected chi connectivity index (χ3v) is 4.89. The van der Waals surface area contributed by atoms with Crippen molar-refractivity contribution in [3.63, 3.8) is 0 Å². The van der Waals surface area contributed by atoms with Crippen LogP contribution in [0.15, 0.2) is 22.4 Å². The van der Waals surface area contributed by atoms with Gasteiger partial charge < -0.3 is 5.32 Å². The highest BCUT2D eigenvalue weighted by Gasteiger charge is 2.32. The maximum absolute atomic E-state index is 12.5. The molecule has 0 saturated carbocycles. The molecule has 2 rings (SSSR count). The van der Waals surface area contributed by atoms with Gasteiger partial charge in [0.1, 0.15) is 5.70 Å². The Hall–Kier alpha value is -2.16. The lowest BCUT2D eigenvalue weighted by molar-refractivity contribution is -0.119. The van der Waals surface area contributed by atoms with Crippen molar-refractivity contribution in [2.45, 2.75) is 46.7 Å². The van der Waals surface area contributed by atoms with Crippen LogP contribution in [0.4, 0.5) is 0 Å². The summed E-state index contributed by atoms with van der Waals surface area (Å²) >= 11 is 0. The number of likely N-dealkylation sites (N-methyl/N-ethyl adjacent to an activating group) is 1.